The van der Waals surface area contributed by atoms with Gasteiger partial charge in [0.15, 0.2) is 0 Å². The van der Waals surface area contributed by atoms with Crippen molar-refractivity contribution < 1.29 is 0 Å². The van der Waals surface area contributed by atoms with Crippen LogP contribution in [-0.4, -0.2) is 32.3 Å². The standard InChI is InChI=1S/C4H3N2Te/c7-4-5-2-1-3-6-4/h1-3H. The van der Waals surface area contributed by atoms with Crippen LogP contribution in [0.1, 0.15) is 0 Å². The molecule has 35 valence electrons. The zero-order valence-corrected chi connectivity index (χ0v) is 5.87. The van der Waals surface area contributed by atoms with E-state index in [0.29, 0.717) is 0 Å². The molecule has 0 aliphatic heterocycles. The summed E-state index contributed by atoms with van der Waals surface area (Å²) < 4.78 is 0.832. The first-order valence-electron chi connectivity index (χ1n) is 1.83. The second kappa shape index (κ2) is 2.25. The summed E-state index contributed by atoms with van der Waals surface area (Å²) in [4.78, 5) is 7.74. The van der Waals surface area contributed by atoms with E-state index in [1.165, 1.54) is 0 Å². The average Bonchev–Trinajstić information content (AvgIpc) is 1.69. The SMILES string of the molecule is [Te]c1ncccn1. The third-order valence-electron chi connectivity index (χ3n) is 0.542. The summed E-state index contributed by atoms with van der Waals surface area (Å²) in [6, 6.07) is 1.80. The molecule has 1 heterocycles. The first kappa shape index (κ1) is 5.02. The molecule has 0 aliphatic rings. The Hall–Kier alpha value is -0.130. The molecule has 0 bridgehead atoms. The first-order chi connectivity index (χ1) is 3.39. The third-order valence-corrected chi connectivity index (χ3v) is 1.14. The maximum absolute atomic E-state index is 3.87. The zero-order chi connectivity index (χ0) is 5.11. The van der Waals surface area contributed by atoms with Gasteiger partial charge in [-0.15, -0.1) is 0 Å². The molecular formula is C4H3N2Te. The molecule has 0 atom stereocenters. The van der Waals surface area contributed by atoms with Gasteiger partial charge in [0, 0.05) is 0 Å². The Morgan fingerprint density at radius 3 is 2.14 bits per heavy atom. The fourth-order valence-corrected chi connectivity index (χ4v) is 0.633. The van der Waals surface area contributed by atoms with Crippen LogP contribution in [0.5, 0.6) is 0 Å². The summed E-state index contributed by atoms with van der Waals surface area (Å²) in [5, 5.41) is 0. The number of aromatic nitrogens is 2. The van der Waals surface area contributed by atoms with Crippen LogP contribution in [0.4, 0.5) is 0 Å². The molecule has 0 fully saturated rings. The molecule has 7 heavy (non-hydrogen) atoms. The summed E-state index contributed by atoms with van der Waals surface area (Å²) in [6.45, 7) is 0. The summed E-state index contributed by atoms with van der Waals surface area (Å²) >= 11 is 1.80. The van der Waals surface area contributed by atoms with Crippen molar-refractivity contribution in [1.29, 1.82) is 0 Å². The molecule has 1 radical (unpaired) electrons. The van der Waals surface area contributed by atoms with Crippen molar-refractivity contribution in [3.05, 3.63) is 18.5 Å². The van der Waals surface area contributed by atoms with Gasteiger partial charge in [-0.1, -0.05) is 0 Å². The normalized spacial score (nSPS) is 8.57. The van der Waals surface area contributed by atoms with Gasteiger partial charge < -0.3 is 0 Å². The number of hydrogen-bond donors (Lipinski definition) is 0. The van der Waals surface area contributed by atoms with Gasteiger partial charge in [0.1, 0.15) is 0 Å². The second-order valence-corrected chi connectivity index (χ2v) is 2.07. The molecule has 0 N–H and O–H groups in total. The van der Waals surface area contributed by atoms with Gasteiger partial charge in [0.2, 0.25) is 0 Å². The topological polar surface area (TPSA) is 25.8 Å². The van der Waals surface area contributed by atoms with E-state index in [4.69, 9.17) is 0 Å². The summed E-state index contributed by atoms with van der Waals surface area (Å²) in [5.41, 5.74) is 0. The van der Waals surface area contributed by atoms with Crippen LogP contribution in [0.2, 0.25) is 0 Å². The van der Waals surface area contributed by atoms with Gasteiger partial charge in [0.05, 0.1) is 0 Å². The monoisotopic (exact) mass is 209 g/mol. The fraction of sp³-hybridized carbons (Fsp3) is 0. The molecule has 0 aromatic carbocycles. The van der Waals surface area contributed by atoms with Crippen LogP contribution in [0.3, 0.4) is 0 Å². The van der Waals surface area contributed by atoms with Crippen LogP contribution in [0, 0.1) is 0 Å². The van der Waals surface area contributed by atoms with Crippen molar-refractivity contribution in [1.82, 2.24) is 9.97 Å². The van der Waals surface area contributed by atoms with E-state index >= 15 is 0 Å². The fourth-order valence-electron chi connectivity index (χ4n) is 0.285. The van der Waals surface area contributed by atoms with E-state index in [1.807, 2.05) is 0 Å². The molecule has 2 nitrogen and oxygen atoms in total. The Balaban J connectivity index is 3.02. The van der Waals surface area contributed by atoms with Gasteiger partial charge in [-0.25, -0.2) is 0 Å². The molecule has 0 saturated carbocycles. The van der Waals surface area contributed by atoms with E-state index in [1.54, 1.807) is 40.8 Å². The van der Waals surface area contributed by atoms with E-state index in [2.05, 4.69) is 9.97 Å². The van der Waals surface area contributed by atoms with Crippen molar-refractivity contribution in [3.8, 4) is 0 Å². The van der Waals surface area contributed by atoms with Gasteiger partial charge in [-0.05, 0) is 0 Å². The molecule has 0 unspecified atom stereocenters. The van der Waals surface area contributed by atoms with E-state index < -0.39 is 0 Å². The summed E-state index contributed by atoms with van der Waals surface area (Å²) in [6.07, 6.45) is 3.45. The van der Waals surface area contributed by atoms with Crippen molar-refractivity contribution in [3.63, 3.8) is 0 Å². The molecule has 1 rings (SSSR count). The predicted molar refractivity (Wildman–Crippen MR) is 27.4 cm³/mol. The molecule has 0 spiro atoms. The molecule has 1 aromatic rings. The van der Waals surface area contributed by atoms with Gasteiger partial charge >= 0.3 is 54.6 Å². The predicted octanol–water partition coefficient (Wildman–Crippen LogP) is -0.730. The Bertz CT molecular complexity index is 140. The average molecular weight is 207 g/mol. The van der Waals surface area contributed by atoms with Crippen LogP contribution in [-0.2, 0) is 0 Å². The van der Waals surface area contributed by atoms with Crippen molar-refractivity contribution in [2.24, 2.45) is 0 Å². The molecule has 0 saturated heterocycles. The molecule has 1 aromatic heterocycles. The van der Waals surface area contributed by atoms with Crippen molar-refractivity contribution >= 4 is 26.2 Å². The summed E-state index contributed by atoms with van der Waals surface area (Å²) in [7, 11) is 0. The Labute approximate surface area is 54.9 Å². The molecule has 0 amide bonds. The quantitative estimate of drug-likeness (QED) is 0.524. The van der Waals surface area contributed by atoms with Crippen molar-refractivity contribution in [2.75, 3.05) is 0 Å². The number of nitrogens with zero attached hydrogens (tertiary/aromatic N) is 2. The van der Waals surface area contributed by atoms with Crippen molar-refractivity contribution in [2.45, 2.75) is 0 Å². The maximum atomic E-state index is 3.87. The van der Waals surface area contributed by atoms with Crippen LogP contribution in [0.15, 0.2) is 18.5 Å². The Kier molecular flexibility index (Phi) is 1.61. The number of hydrogen-bond acceptors (Lipinski definition) is 2. The van der Waals surface area contributed by atoms with E-state index in [9.17, 15) is 0 Å². The van der Waals surface area contributed by atoms with Crippen LogP contribution >= 0.6 is 0 Å². The summed E-state index contributed by atoms with van der Waals surface area (Å²) in [5.74, 6) is 0. The van der Waals surface area contributed by atoms with Gasteiger partial charge in [-0.2, -0.15) is 0 Å². The van der Waals surface area contributed by atoms with Gasteiger partial charge in [-0.3, -0.25) is 0 Å². The van der Waals surface area contributed by atoms with E-state index in [0.717, 1.165) is 3.87 Å². The van der Waals surface area contributed by atoms with Gasteiger partial charge in [0.25, 0.3) is 0 Å². The third kappa shape index (κ3) is 1.42. The van der Waals surface area contributed by atoms with E-state index in [-0.39, 0.29) is 0 Å². The minimum atomic E-state index is 0.832. The molecular weight excluding hydrogens is 204 g/mol. The zero-order valence-electron chi connectivity index (χ0n) is 3.53. The minimum absolute atomic E-state index is 0.832. The Morgan fingerprint density at radius 2 is 1.86 bits per heavy atom. The molecule has 3 heteroatoms. The first-order valence-corrected chi connectivity index (χ1v) is 3.00. The second-order valence-electron chi connectivity index (χ2n) is 1.03. The van der Waals surface area contributed by atoms with Crippen LogP contribution in [0.25, 0.3) is 0 Å². The van der Waals surface area contributed by atoms with Crippen LogP contribution < -0.4 is 3.87 Å². The molecule has 0 aliphatic carbocycles. The number of rotatable bonds is 0. The Morgan fingerprint density at radius 1 is 1.29 bits per heavy atom.